The second-order valence-electron chi connectivity index (χ2n) is 8.17. The van der Waals surface area contributed by atoms with Crippen LogP contribution in [0.15, 0.2) is 29.3 Å². The van der Waals surface area contributed by atoms with Gasteiger partial charge in [0.2, 0.25) is 5.91 Å². The second-order valence-corrected chi connectivity index (χ2v) is 11.6. The summed E-state index contributed by atoms with van der Waals surface area (Å²) in [6, 6.07) is 7.99. The summed E-state index contributed by atoms with van der Waals surface area (Å²) in [5, 5.41) is 7.28. The third-order valence-electron chi connectivity index (χ3n) is 5.85. The third-order valence-corrected chi connectivity index (χ3v) is 8.99. The summed E-state index contributed by atoms with van der Waals surface area (Å²) in [5.41, 5.74) is 1.88. The molecule has 1 amide bonds. The molecule has 0 radical (unpaired) electrons. The summed E-state index contributed by atoms with van der Waals surface area (Å²) < 4.78 is 23.3. The Labute approximate surface area is 170 Å². The maximum absolute atomic E-state index is 12.4. The van der Waals surface area contributed by atoms with E-state index in [4.69, 9.17) is 0 Å². The molecule has 0 unspecified atom stereocenters. The highest BCUT2D eigenvalue weighted by Gasteiger charge is 2.42. The van der Waals surface area contributed by atoms with E-state index in [0.717, 1.165) is 22.8 Å². The molecule has 1 saturated carbocycles. The van der Waals surface area contributed by atoms with Crippen LogP contribution < -0.4 is 10.6 Å². The number of thioether (sulfide) groups is 1. The molecule has 0 aromatic heterocycles. The number of sulfone groups is 1. The van der Waals surface area contributed by atoms with Crippen LogP contribution in [0.4, 0.5) is 5.69 Å². The minimum atomic E-state index is -2.93. The molecule has 8 heteroatoms. The van der Waals surface area contributed by atoms with Gasteiger partial charge in [-0.15, -0.1) is 0 Å². The molecule has 1 aromatic rings. The molecule has 4 rings (SSSR count). The summed E-state index contributed by atoms with van der Waals surface area (Å²) in [6.07, 6.45) is 5.13. The standard InChI is InChI=1S/C20H27N3O3S2/c1-13-4-2-3-5-16(13)22-19(24)10-14-6-8-15(9-7-14)21-20-23-17-11-28(25,26)12-18(17)27-20/h6-9,13,16-18H,2-5,10-12H2,1H3,(H,21,23)(H,22,24)/t13-,16+,17+,18+/m1/s1. The van der Waals surface area contributed by atoms with Crippen LogP contribution in [0.25, 0.3) is 0 Å². The number of anilines is 1. The highest BCUT2D eigenvalue weighted by molar-refractivity contribution is 8.15. The van der Waals surface area contributed by atoms with Gasteiger partial charge in [-0.25, -0.2) is 8.42 Å². The Bertz CT molecular complexity index is 867. The normalized spacial score (nSPS) is 31.1. The van der Waals surface area contributed by atoms with E-state index in [2.05, 4.69) is 22.5 Å². The highest BCUT2D eigenvalue weighted by atomic mass is 32.2. The SMILES string of the molecule is C[C@@H]1CCCC[C@@H]1NC(=O)Cc1ccc(NC2=N[C@H]3CS(=O)(=O)C[C@@H]3S2)cc1. The van der Waals surface area contributed by atoms with Crippen LogP contribution in [-0.4, -0.2) is 48.3 Å². The van der Waals surface area contributed by atoms with Gasteiger partial charge in [0, 0.05) is 17.0 Å². The lowest BCUT2D eigenvalue weighted by molar-refractivity contribution is -0.121. The first-order valence-corrected chi connectivity index (χ1v) is 12.7. The van der Waals surface area contributed by atoms with E-state index in [0.29, 0.717) is 18.4 Å². The van der Waals surface area contributed by atoms with Crippen molar-refractivity contribution in [3.05, 3.63) is 29.8 Å². The summed E-state index contributed by atoms with van der Waals surface area (Å²) in [7, 11) is -2.93. The molecule has 1 aliphatic carbocycles. The molecule has 28 heavy (non-hydrogen) atoms. The van der Waals surface area contributed by atoms with Crippen molar-refractivity contribution in [2.45, 2.75) is 56.4 Å². The Morgan fingerprint density at radius 1 is 1.18 bits per heavy atom. The van der Waals surface area contributed by atoms with Gasteiger partial charge in [0.15, 0.2) is 15.0 Å². The first-order valence-electron chi connectivity index (χ1n) is 9.98. The highest BCUT2D eigenvalue weighted by Crippen LogP contribution is 2.34. The third kappa shape index (κ3) is 4.71. The molecule has 2 heterocycles. The monoisotopic (exact) mass is 421 g/mol. The van der Waals surface area contributed by atoms with Gasteiger partial charge in [-0.1, -0.05) is 43.7 Å². The minimum absolute atomic E-state index is 0.0395. The van der Waals surface area contributed by atoms with E-state index < -0.39 is 9.84 Å². The molecule has 152 valence electrons. The van der Waals surface area contributed by atoms with Crippen LogP contribution in [0, 0.1) is 5.92 Å². The number of aliphatic imine (C=N–C) groups is 1. The first kappa shape index (κ1) is 19.8. The summed E-state index contributed by atoms with van der Waals surface area (Å²) in [6.45, 7) is 2.22. The van der Waals surface area contributed by atoms with Crippen molar-refractivity contribution < 1.29 is 13.2 Å². The molecule has 0 bridgehead atoms. The van der Waals surface area contributed by atoms with Crippen molar-refractivity contribution in [1.82, 2.24) is 5.32 Å². The second kappa shape index (κ2) is 8.06. The van der Waals surface area contributed by atoms with Crippen LogP contribution in [0.3, 0.4) is 0 Å². The van der Waals surface area contributed by atoms with Gasteiger partial charge in [-0.3, -0.25) is 9.79 Å². The molecule has 0 spiro atoms. The number of hydrogen-bond acceptors (Lipinski definition) is 6. The summed E-state index contributed by atoms with van der Waals surface area (Å²) in [5.74, 6) is 1.02. The zero-order chi connectivity index (χ0) is 19.7. The number of nitrogens with one attached hydrogen (secondary N) is 2. The van der Waals surface area contributed by atoms with Crippen LogP contribution >= 0.6 is 11.8 Å². The lowest BCUT2D eigenvalue weighted by atomic mass is 9.86. The van der Waals surface area contributed by atoms with Gasteiger partial charge in [-0.2, -0.15) is 0 Å². The molecular weight excluding hydrogens is 394 g/mol. The van der Waals surface area contributed by atoms with Crippen molar-refractivity contribution in [3.8, 4) is 0 Å². The first-order chi connectivity index (χ1) is 13.4. The summed E-state index contributed by atoms with van der Waals surface area (Å²) in [4.78, 5) is 16.9. The predicted molar refractivity (Wildman–Crippen MR) is 115 cm³/mol. The van der Waals surface area contributed by atoms with E-state index in [1.54, 1.807) is 0 Å². The van der Waals surface area contributed by atoms with Gasteiger partial charge < -0.3 is 10.6 Å². The molecular formula is C20H27N3O3S2. The van der Waals surface area contributed by atoms with E-state index >= 15 is 0 Å². The number of rotatable bonds is 4. The average molecular weight is 422 g/mol. The number of benzene rings is 1. The van der Waals surface area contributed by atoms with Gasteiger partial charge in [0.25, 0.3) is 0 Å². The van der Waals surface area contributed by atoms with E-state index in [1.165, 1.54) is 31.0 Å². The number of amidine groups is 1. The summed E-state index contributed by atoms with van der Waals surface area (Å²) >= 11 is 1.51. The van der Waals surface area contributed by atoms with Crippen molar-refractivity contribution in [2.24, 2.45) is 10.9 Å². The predicted octanol–water partition coefficient (Wildman–Crippen LogP) is 2.60. The Balaban J connectivity index is 1.29. The molecule has 2 fully saturated rings. The number of carbonyl (C=O) groups is 1. The number of nitrogens with zero attached hydrogens (tertiary/aromatic N) is 1. The van der Waals surface area contributed by atoms with E-state index in [-0.39, 0.29) is 28.7 Å². The van der Waals surface area contributed by atoms with Crippen LogP contribution in [0.1, 0.15) is 38.2 Å². The molecule has 2 N–H and O–H groups in total. The van der Waals surface area contributed by atoms with Crippen LogP contribution in [0.5, 0.6) is 0 Å². The Morgan fingerprint density at radius 2 is 1.93 bits per heavy atom. The molecule has 3 aliphatic rings. The number of fused-ring (bicyclic) bond motifs is 1. The lowest BCUT2D eigenvalue weighted by Crippen LogP contribution is -2.41. The fourth-order valence-corrected chi connectivity index (χ4v) is 7.90. The largest absolute Gasteiger partial charge is 0.353 e. The molecule has 1 saturated heterocycles. The average Bonchev–Trinajstić information content (AvgIpc) is 3.11. The maximum atomic E-state index is 12.4. The fourth-order valence-electron chi connectivity index (χ4n) is 4.22. The maximum Gasteiger partial charge on any atom is 0.224 e. The minimum Gasteiger partial charge on any atom is -0.353 e. The van der Waals surface area contributed by atoms with Crippen molar-refractivity contribution in [3.63, 3.8) is 0 Å². The molecule has 6 nitrogen and oxygen atoms in total. The van der Waals surface area contributed by atoms with Crippen molar-refractivity contribution in [1.29, 1.82) is 0 Å². The number of amides is 1. The smallest absolute Gasteiger partial charge is 0.224 e. The molecule has 1 aromatic carbocycles. The van der Waals surface area contributed by atoms with Gasteiger partial charge in [-0.05, 0) is 36.5 Å². The van der Waals surface area contributed by atoms with Crippen LogP contribution in [0.2, 0.25) is 0 Å². The zero-order valence-corrected chi connectivity index (χ0v) is 17.7. The van der Waals surface area contributed by atoms with Crippen molar-refractivity contribution >= 4 is 38.4 Å². The quantitative estimate of drug-likeness (QED) is 0.780. The van der Waals surface area contributed by atoms with E-state index in [1.807, 2.05) is 24.3 Å². The lowest BCUT2D eigenvalue weighted by Gasteiger charge is -2.29. The number of hydrogen-bond donors (Lipinski definition) is 2. The van der Waals surface area contributed by atoms with Crippen LogP contribution in [-0.2, 0) is 21.1 Å². The Hall–Kier alpha value is -1.54. The Kier molecular flexibility index (Phi) is 5.69. The molecule has 2 aliphatic heterocycles. The van der Waals surface area contributed by atoms with Gasteiger partial charge in [0.1, 0.15) is 0 Å². The van der Waals surface area contributed by atoms with E-state index in [9.17, 15) is 13.2 Å². The zero-order valence-electron chi connectivity index (χ0n) is 16.1. The fraction of sp³-hybridized carbons (Fsp3) is 0.600. The topological polar surface area (TPSA) is 87.6 Å². The molecule has 4 atom stereocenters. The Morgan fingerprint density at radius 3 is 2.64 bits per heavy atom. The van der Waals surface area contributed by atoms with Gasteiger partial charge >= 0.3 is 0 Å². The number of carbonyl (C=O) groups excluding carboxylic acids is 1. The van der Waals surface area contributed by atoms with Crippen molar-refractivity contribution in [2.75, 3.05) is 16.8 Å². The van der Waals surface area contributed by atoms with Gasteiger partial charge in [0.05, 0.1) is 24.0 Å².